The molecule has 3 aromatic rings. The van der Waals surface area contributed by atoms with Gasteiger partial charge in [0.05, 0.1) is 11.4 Å². The van der Waals surface area contributed by atoms with Crippen molar-refractivity contribution in [3.05, 3.63) is 42.2 Å². The Kier molecular flexibility index (Phi) is 4.38. The maximum atomic E-state index is 5.75. The normalized spacial score (nSPS) is 12.9. The molecule has 0 aliphatic rings. The first-order chi connectivity index (χ1) is 10.6. The first-order valence-electron chi connectivity index (χ1n) is 7.33. The molecule has 1 aromatic carbocycles. The minimum absolute atomic E-state index is 0.0357. The predicted octanol–water partition coefficient (Wildman–Crippen LogP) is 4.06. The maximum absolute atomic E-state index is 5.75. The highest BCUT2D eigenvalue weighted by Gasteiger charge is 2.18. The van der Waals surface area contributed by atoms with Crippen molar-refractivity contribution in [2.75, 3.05) is 0 Å². The molecule has 2 heterocycles. The lowest BCUT2D eigenvalue weighted by Crippen LogP contribution is -1.93. The van der Waals surface area contributed by atoms with E-state index in [0.717, 1.165) is 22.2 Å². The molecule has 0 fully saturated rings. The van der Waals surface area contributed by atoms with Crippen LogP contribution in [0.4, 0.5) is 0 Å². The number of benzene rings is 1. The van der Waals surface area contributed by atoms with Crippen LogP contribution in [-0.2, 0) is 6.42 Å². The topological polar surface area (TPSA) is 64.7 Å². The van der Waals surface area contributed by atoms with Gasteiger partial charge in [-0.3, -0.25) is 0 Å². The quantitative estimate of drug-likeness (QED) is 0.662. The summed E-state index contributed by atoms with van der Waals surface area (Å²) in [6, 6.07) is 8.09. The Balaban J connectivity index is 1.81. The SMILES string of the molecule is CC(C)Cc1nnc([C@H](C)Sc2nncc3ccccc23)o1. The Labute approximate surface area is 133 Å². The van der Waals surface area contributed by atoms with Crippen LogP contribution in [0, 0.1) is 5.92 Å². The van der Waals surface area contributed by atoms with Crippen LogP contribution in [0.3, 0.4) is 0 Å². The standard InChI is InChI=1S/C16H18N4OS/c1-10(2)8-14-18-19-15(21-14)11(3)22-16-13-7-5-4-6-12(13)9-17-20-16/h4-7,9-11H,8H2,1-3H3/t11-/m0/s1. The second-order valence-electron chi connectivity index (χ2n) is 5.63. The highest BCUT2D eigenvalue weighted by atomic mass is 32.2. The predicted molar refractivity (Wildman–Crippen MR) is 86.7 cm³/mol. The highest BCUT2D eigenvalue weighted by molar-refractivity contribution is 7.99. The van der Waals surface area contributed by atoms with Crippen molar-refractivity contribution in [1.82, 2.24) is 20.4 Å². The van der Waals surface area contributed by atoms with Gasteiger partial charge >= 0.3 is 0 Å². The lowest BCUT2D eigenvalue weighted by Gasteiger charge is -2.07. The van der Waals surface area contributed by atoms with E-state index >= 15 is 0 Å². The van der Waals surface area contributed by atoms with E-state index in [1.165, 1.54) is 0 Å². The Morgan fingerprint density at radius 3 is 2.73 bits per heavy atom. The van der Waals surface area contributed by atoms with Gasteiger partial charge in [0, 0.05) is 17.2 Å². The molecule has 5 nitrogen and oxygen atoms in total. The monoisotopic (exact) mass is 314 g/mol. The van der Waals surface area contributed by atoms with Gasteiger partial charge in [-0.25, -0.2) is 0 Å². The van der Waals surface area contributed by atoms with Crippen molar-refractivity contribution in [2.24, 2.45) is 5.92 Å². The average Bonchev–Trinajstić information content (AvgIpc) is 2.95. The first-order valence-corrected chi connectivity index (χ1v) is 8.21. The summed E-state index contributed by atoms with van der Waals surface area (Å²) < 4.78 is 5.75. The maximum Gasteiger partial charge on any atom is 0.229 e. The third-order valence-corrected chi connectivity index (χ3v) is 4.32. The van der Waals surface area contributed by atoms with Crippen LogP contribution < -0.4 is 0 Å². The zero-order valence-electron chi connectivity index (χ0n) is 12.9. The number of nitrogens with zero attached hydrogens (tertiary/aromatic N) is 4. The van der Waals surface area contributed by atoms with Gasteiger partial charge in [0.25, 0.3) is 0 Å². The number of thioether (sulfide) groups is 1. The van der Waals surface area contributed by atoms with E-state index in [4.69, 9.17) is 4.42 Å². The summed E-state index contributed by atoms with van der Waals surface area (Å²) in [7, 11) is 0. The zero-order chi connectivity index (χ0) is 15.5. The van der Waals surface area contributed by atoms with Crippen LogP contribution in [0.2, 0.25) is 0 Å². The third kappa shape index (κ3) is 3.27. The average molecular weight is 314 g/mol. The molecule has 0 saturated carbocycles. The molecule has 1 atom stereocenters. The Morgan fingerprint density at radius 2 is 1.91 bits per heavy atom. The molecule has 22 heavy (non-hydrogen) atoms. The first kappa shape index (κ1) is 15.0. The smallest absolute Gasteiger partial charge is 0.229 e. The van der Waals surface area contributed by atoms with Gasteiger partial charge in [-0.2, -0.15) is 5.10 Å². The fourth-order valence-electron chi connectivity index (χ4n) is 2.17. The molecule has 2 aromatic heterocycles. The van der Waals surface area contributed by atoms with Crippen LogP contribution >= 0.6 is 11.8 Å². The molecule has 0 spiro atoms. The molecule has 0 aliphatic carbocycles. The van der Waals surface area contributed by atoms with Gasteiger partial charge in [0.15, 0.2) is 0 Å². The second-order valence-corrected chi connectivity index (χ2v) is 6.96. The van der Waals surface area contributed by atoms with Gasteiger partial charge in [0.2, 0.25) is 11.8 Å². The minimum Gasteiger partial charge on any atom is -0.424 e. The van der Waals surface area contributed by atoms with E-state index < -0.39 is 0 Å². The second kappa shape index (κ2) is 6.44. The van der Waals surface area contributed by atoms with Gasteiger partial charge in [-0.1, -0.05) is 49.9 Å². The molecule has 114 valence electrons. The molecular weight excluding hydrogens is 296 g/mol. The number of aromatic nitrogens is 4. The molecule has 0 aliphatic heterocycles. The van der Waals surface area contributed by atoms with Gasteiger partial charge in [-0.15, -0.1) is 15.3 Å². The summed E-state index contributed by atoms with van der Waals surface area (Å²) in [5, 5.41) is 19.7. The molecule has 3 rings (SSSR count). The van der Waals surface area contributed by atoms with Crippen LogP contribution in [0.5, 0.6) is 0 Å². The zero-order valence-corrected chi connectivity index (χ0v) is 13.7. The van der Waals surface area contributed by atoms with Crippen LogP contribution in [0.1, 0.15) is 37.8 Å². The van der Waals surface area contributed by atoms with Crippen molar-refractivity contribution < 1.29 is 4.42 Å². The summed E-state index contributed by atoms with van der Waals surface area (Å²) in [5.74, 6) is 1.83. The summed E-state index contributed by atoms with van der Waals surface area (Å²) in [6.07, 6.45) is 2.58. The Hall–Kier alpha value is -1.95. The number of fused-ring (bicyclic) bond motifs is 1. The van der Waals surface area contributed by atoms with Crippen molar-refractivity contribution in [3.8, 4) is 0 Å². The fourth-order valence-corrected chi connectivity index (χ4v) is 3.11. The van der Waals surface area contributed by atoms with E-state index in [1.807, 2.05) is 25.1 Å². The number of rotatable bonds is 5. The van der Waals surface area contributed by atoms with Crippen LogP contribution in [0.15, 0.2) is 39.9 Å². The van der Waals surface area contributed by atoms with Crippen LogP contribution in [-0.4, -0.2) is 20.4 Å². The van der Waals surface area contributed by atoms with Gasteiger partial charge in [0.1, 0.15) is 5.03 Å². The minimum atomic E-state index is 0.0357. The van der Waals surface area contributed by atoms with E-state index in [-0.39, 0.29) is 5.25 Å². The van der Waals surface area contributed by atoms with Crippen molar-refractivity contribution in [1.29, 1.82) is 0 Å². The lowest BCUT2D eigenvalue weighted by molar-refractivity contribution is 0.426. The van der Waals surface area contributed by atoms with E-state index in [2.05, 4.69) is 40.3 Å². The van der Waals surface area contributed by atoms with E-state index in [9.17, 15) is 0 Å². The van der Waals surface area contributed by atoms with Gasteiger partial charge in [-0.05, 0) is 12.8 Å². The van der Waals surface area contributed by atoms with Gasteiger partial charge < -0.3 is 4.42 Å². The van der Waals surface area contributed by atoms with E-state index in [0.29, 0.717) is 17.7 Å². The van der Waals surface area contributed by atoms with Crippen molar-refractivity contribution >= 4 is 22.5 Å². The fraction of sp³-hybridized carbons (Fsp3) is 0.375. The number of hydrogen-bond donors (Lipinski definition) is 0. The summed E-state index contributed by atoms with van der Waals surface area (Å²) in [4.78, 5) is 0. The molecule has 6 heteroatoms. The van der Waals surface area contributed by atoms with Crippen molar-refractivity contribution in [3.63, 3.8) is 0 Å². The third-order valence-electron chi connectivity index (χ3n) is 3.24. The Bertz CT molecular complexity index is 766. The molecule has 0 saturated heterocycles. The Morgan fingerprint density at radius 1 is 1.09 bits per heavy atom. The molecule has 0 N–H and O–H groups in total. The summed E-state index contributed by atoms with van der Waals surface area (Å²) in [6.45, 7) is 6.31. The highest BCUT2D eigenvalue weighted by Crippen LogP contribution is 2.36. The molecule has 0 amide bonds. The van der Waals surface area contributed by atoms with Crippen LogP contribution in [0.25, 0.3) is 10.8 Å². The van der Waals surface area contributed by atoms with Crippen molar-refractivity contribution in [2.45, 2.75) is 37.5 Å². The molecule has 0 radical (unpaired) electrons. The summed E-state index contributed by atoms with van der Waals surface area (Å²) >= 11 is 1.59. The largest absolute Gasteiger partial charge is 0.424 e. The molecule has 0 unspecified atom stereocenters. The number of hydrogen-bond acceptors (Lipinski definition) is 6. The van der Waals surface area contributed by atoms with E-state index in [1.54, 1.807) is 18.0 Å². The summed E-state index contributed by atoms with van der Waals surface area (Å²) in [5.41, 5.74) is 0. The molecular formula is C16H18N4OS. The lowest BCUT2D eigenvalue weighted by atomic mass is 10.1. The molecule has 0 bridgehead atoms.